The zero-order valence-corrected chi connectivity index (χ0v) is 36.1. The molecule has 14 heteroatoms. The number of aliphatic carboxylic acids is 1. The Morgan fingerprint density at radius 2 is 1.00 bits per heavy atom. The van der Waals surface area contributed by atoms with Gasteiger partial charge in [-0.3, -0.25) is 9.59 Å². The number of carboxylic acids is 1. The molecule has 59 heavy (non-hydrogen) atoms. The molecule has 2 aromatic carbocycles. The van der Waals surface area contributed by atoms with E-state index in [4.69, 9.17) is 14.2 Å². The molecule has 0 saturated carbocycles. The molecule has 2 saturated heterocycles. The van der Waals surface area contributed by atoms with Crippen molar-refractivity contribution in [3.8, 4) is 0 Å². The van der Waals surface area contributed by atoms with Gasteiger partial charge in [0.1, 0.15) is 24.3 Å². The summed E-state index contributed by atoms with van der Waals surface area (Å²) in [6.07, 6.45) is -0.0788. The van der Waals surface area contributed by atoms with Gasteiger partial charge in [0.25, 0.3) is 0 Å². The van der Waals surface area contributed by atoms with E-state index in [1.807, 2.05) is 91.8 Å². The van der Waals surface area contributed by atoms with Crippen LogP contribution in [0.3, 0.4) is 0 Å². The van der Waals surface area contributed by atoms with Crippen LogP contribution in [0, 0.1) is 22.7 Å². The smallest absolute Gasteiger partial charge is 0.410 e. The maximum atomic E-state index is 13.1. The molecule has 2 fully saturated rings. The number of carbonyl (C=O) groups excluding carboxylic acids is 5. The van der Waals surface area contributed by atoms with Crippen LogP contribution < -0.4 is 0 Å². The Hall–Kier alpha value is -5.14. The quantitative estimate of drug-likeness (QED) is 0.273. The first-order valence-corrected chi connectivity index (χ1v) is 20.7. The number of carboxylic acid groups (broad SMARTS) is 1. The van der Waals surface area contributed by atoms with Crippen molar-refractivity contribution in [2.24, 2.45) is 22.7 Å². The van der Waals surface area contributed by atoms with Crippen molar-refractivity contribution in [3.63, 3.8) is 0 Å². The van der Waals surface area contributed by atoms with E-state index in [9.17, 15) is 33.9 Å². The first-order chi connectivity index (χ1) is 27.7. The number of fused-ring (bicyclic) bond motifs is 2. The zero-order chi connectivity index (χ0) is 43.4. The summed E-state index contributed by atoms with van der Waals surface area (Å²) in [4.78, 5) is 81.6. The molecule has 4 aliphatic heterocycles. The molecule has 0 unspecified atom stereocenters. The van der Waals surface area contributed by atoms with Gasteiger partial charge in [0, 0.05) is 50.9 Å². The standard InChI is InChI=1S/C23H32N2O5.C22H30N2O5/c1-15(23(2,3)4)20(26)25-14-18(12-19(25)21(27)29-5)30-22(28)24-11-10-16-8-6-7-9-17(16)13-24;1-14(22(2,3)4)19(25)24-13-17(11-18(24)20(26)27)29-21(28)23-10-9-15-7-5-6-8-16(15)12-23/h6-9,15,18-19H,10-14H2,1-5H3;5-8,14,17-18H,9-13H2,1-4H3,(H,26,27)/t15-,18-,19+;14-,17-,18+/m11/s1. The number of nitrogens with zero attached hydrogens (tertiary/aromatic N) is 4. The summed E-state index contributed by atoms with van der Waals surface area (Å²) in [6, 6.07) is 14.4. The number of rotatable bonds is 6. The Bertz CT molecular complexity index is 1890. The average Bonchev–Trinajstić information content (AvgIpc) is 3.83. The van der Waals surface area contributed by atoms with Gasteiger partial charge >= 0.3 is 24.1 Å². The van der Waals surface area contributed by atoms with E-state index in [-0.39, 0.29) is 60.4 Å². The van der Waals surface area contributed by atoms with Crippen molar-refractivity contribution < 1.29 is 48.1 Å². The fourth-order valence-corrected chi connectivity index (χ4v) is 7.82. The summed E-state index contributed by atoms with van der Waals surface area (Å²) < 4.78 is 16.2. The second kappa shape index (κ2) is 18.4. The minimum absolute atomic E-state index is 0.117. The summed E-state index contributed by atoms with van der Waals surface area (Å²) in [5.41, 5.74) is 4.18. The highest BCUT2D eigenvalue weighted by Crippen LogP contribution is 2.33. The Morgan fingerprint density at radius 3 is 1.37 bits per heavy atom. The van der Waals surface area contributed by atoms with E-state index in [0.717, 1.165) is 24.0 Å². The van der Waals surface area contributed by atoms with Crippen LogP contribution in [0.25, 0.3) is 0 Å². The first kappa shape index (κ1) is 45.0. The molecule has 0 aromatic heterocycles. The van der Waals surface area contributed by atoms with E-state index < -0.39 is 48.4 Å². The van der Waals surface area contributed by atoms with Crippen LogP contribution in [0.4, 0.5) is 9.59 Å². The number of benzene rings is 2. The molecular formula is C45H62N4O10. The van der Waals surface area contributed by atoms with Crippen LogP contribution in [0.1, 0.15) is 90.5 Å². The number of hydrogen-bond acceptors (Lipinski definition) is 9. The van der Waals surface area contributed by atoms with Gasteiger partial charge in [0.2, 0.25) is 11.8 Å². The van der Waals surface area contributed by atoms with Gasteiger partial charge in [-0.1, -0.05) is 104 Å². The third-order valence-corrected chi connectivity index (χ3v) is 12.5. The Labute approximate surface area is 348 Å². The van der Waals surface area contributed by atoms with Crippen molar-refractivity contribution in [1.82, 2.24) is 19.6 Å². The minimum Gasteiger partial charge on any atom is -0.480 e. The summed E-state index contributed by atoms with van der Waals surface area (Å²) in [5, 5.41) is 9.58. The van der Waals surface area contributed by atoms with Gasteiger partial charge in [-0.15, -0.1) is 0 Å². The van der Waals surface area contributed by atoms with Crippen LogP contribution >= 0.6 is 0 Å². The summed E-state index contributed by atoms with van der Waals surface area (Å²) in [7, 11) is 1.31. The van der Waals surface area contributed by atoms with Gasteiger partial charge in [-0.2, -0.15) is 0 Å². The first-order valence-electron chi connectivity index (χ1n) is 20.7. The number of ether oxygens (including phenoxy) is 3. The molecule has 0 spiro atoms. The molecule has 2 aromatic rings. The molecule has 0 radical (unpaired) electrons. The summed E-state index contributed by atoms with van der Waals surface area (Å²) in [5.74, 6) is -2.49. The lowest BCUT2D eigenvalue weighted by atomic mass is 9.81. The fourth-order valence-electron chi connectivity index (χ4n) is 7.82. The van der Waals surface area contributed by atoms with Gasteiger partial charge in [-0.05, 0) is 45.9 Å². The monoisotopic (exact) mass is 818 g/mol. The molecule has 0 bridgehead atoms. The van der Waals surface area contributed by atoms with Crippen molar-refractivity contribution in [3.05, 3.63) is 70.8 Å². The van der Waals surface area contributed by atoms with E-state index in [2.05, 4.69) is 12.1 Å². The fraction of sp³-hybridized carbons (Fsp3) is 0.600. The largest absolute Gasteiger partial charge is 0.480 e. The predicted molar refractivity (Wildman–Crippen MR) is 219 cm³/mol. The highest BCUT2D eigenvalue weighted by Gasteiger charge is 2.46. The lowest BCUT2D eigenvalue weighted by Crippen LogP contribution is -2.46. The van der Waals surface area contributed by atoms with Gasteiger partial charge in [-0.25, -0.2) is 19.2 Å². The number of hydrogen-bond donors (Lipinski definition) is 1. The normalized spacial score (nSPS) is 22.5. The number of carbonyl (C=O) groups is 6. The number of likely N-dealkylation sites (tertiary alicyclic amines) is 2. The SMILES string of the molecule is COC(=O)[C@@H]1C[C@@H](OC(=O)N2CCc3ccccc3C2)CN1C(=O)[C@@H](C)C(C)(C)C.C[C@H](C(=O)N1C[C@H](OC(=O)N2CCc3ccccc3C2)C[C@H]1C(=O)O)C(C)(C)C. The lowest BCUT2D eigenvalue weighted by molar-refractivity contribution is -0.153. The highest BCUT2D eigenvalue weighted by molar-refractivity contribution is 5.87. The molecule has 6 atom stereocenters. The highest BCUT2D eigenvalue weighted by atomic mass is 16.6. The van der Waals surface area contributed by atoms with E-state index in [1.54, 1.807) is 9.80 Å². The van der Waals surface area contributed by atoms with Crippen molar-refractivity contribution in [2.45, 2.75) is 118 Å². The molecule has 4 amide bonds. The predicted octanol–water partition coefficient (Wildman–Crippen LogP) is 5.92. The Morgan fingerprint density at radius 1 is 0.627 bits per heavy atom. The van der Waals surface area contributed by atoms with Gasteiger partial charge < -0.3 is 38.9 Å². The maximum Gasteiger partial charge on any atom is 0.410 e. The van der Waals surface area contributed by atoms with Crippen molar-refractivity contribution in [1.29, 1.82) is 0 Å². The van der Waals surface area contributed by atoms with Gasteiger partial charge in [0.15, 0.2) is 0 Å². The number of esters is 1. The number of amides is 4. The second-order valence-corrected chi connectivity index (χ2v) is 18.4. The van der Waals surface area contributed by atoms with Crippen LogP contribution in [0.5, 0.6) is 0 Å². The molecular weight excluding hydrogens is 757 g/mol. The zero-order valence-electron chi connectivity index (χ0n) is 36.1. The summed E-state index contributed by atoms with van der Waals surface area (Å²) in [6.45, 7) is 18.0. The van der Waals surface area contributed by atoms with Crippen LogP contribution in [0.15, 0.2) is 48.5 Å². The molecule has 4 aliphatic rings. The topological polar surface area (TPSA) is 163 Å². The molecule has 6 rings (SSSR count). The maximum absolute atomic E-state index is 13.1. The number of methoxy groups -OCH3 is 1. The minimum atomic E-state index is -1.06. The van der Waals surface area contributed by atoms with Gasteiger partial charge in [0.05, 0.1) is 20.2 Å². The molecule has 4 heterocycles. The second-order valence-electron chi connectivity index (χ2n) is 18.4. The van der Waals surface area contributed by atoms with Crippen molar-refractivity contribution in [2.75, 3.05) is 33.3 Å². The van der Waals surface area contributed by atoms with E-state index in [0.29, 0.717) is 26.2 Å². The van der Waals surface area contributed by atoms with E-state index in [1.165, 1.54) is 28.0 Å². The van der Waals surface area contributed by atoms with Crippen molar-refractivity contribution >= 4 is 35.9 Å². The third-order valence-electron chi connectivity index (χ3n) is 12.5. The Kier molecular flexibility index (Phi) is 14.0. The molecule has 1 N–H and O–H groups in total. The lowest BCUT2D eigenvalue weighted by Gasteiger charge is -2.32. The third kappa shape index (κ3) is 10.7. The van der Waals surface area contributed by atoms with Crippen LogP contribution in [-0.4, -0.2) is 118 Å². The van der Waals surface area contributed by atoms with Crippen LogP contribution in [0.2, 0.25) is 0 Å². The molecule has 0 aliphatic carbocycles. The van der Waals surface area contributed by atoms with Crippen LogP contribution in [-0.2, 0) is 59.3 Å². The molecule has 14 nitrogen and oxygen atoms in total. The molecule has 322 valence electrons. The average molecular weight is 819 g/mol. The summed E-state index contributed by atoms with van der Waals surface area (Å²) >= 11 is 0. The van der Waals surface area contributed by atoms with E-state index >= 15 is 0 Å². The Balaban J connectivity index is 0.000000224.